The van der Waals surface area contributed by atoms with Crippen molar-refractivity contribution in [2.24, 2.45) is 0 Å². The van der Waals surface area contributed by atoms with Gasteiger partial charge in [-0.1, -0.05) is 133 Å². The Balaban J connectivity index is 1.01. The van der Waals surface area contributed by atoms with Crippen LogP contribution in [0.1, 0.15) is 0 Å². The summed E-state index contributed by atoms with van der Waals surface area (Å²) in [6.45, 7) is 0. The van der Waals surface area contributed by atoms with Gasteiger partial charge >= 0.3 is 0 Å². The molecule has 0 N–H and O–H groups in total. The second-order valence-corrected chi connectivity index (χ2v) is 15.2. The van der Waals surface area contributed by atoms with Gasteiger partial charge in [0.05, 0.1) is 0 Å². The summed E-state index contributed by atoms with van der Waals surface area (Å²) in [5.41, 5.74) is 12.2. The van der Waals surface area contributed by atoms with Gasteiger partial charge in [-0.15, -0.1) is 11.3 Å². The second-order valence-electron chi connectivity index (χ2n) is 14.1. The van der Waals surface area contributed by atoms with Crippen LogP contribution in [-0.2, 0) is 0 Å². The van der Waals surface area contributed by atoms with E-state index in [9.17, 15) is 0 Å². The van der Waals surface area contributed by atoms with E-state index >= 15 is 0 Å². The minimum Gasteiger partial charge on any atom is -0.456 e. The van der Waals surface area contributed by atoms with Crippen LogP contribution in [0.4, 0.5) is 17.1 Å². The van der Waals surface area contributed by atoms with Gasteiger partial charge in [0.1, 0.15) is 11.2 Å². The van der Waals surface area contributed by atoms with E-state index in [0.29, 0.717) is 0 Å². The first-order chi connectivity index (χ1) is 27.2. The molecule has 0 saturated heterocycles. The summed E-state index contributed by atoms with van der Waals surface area (Å²) in [4.78, 5) is 2.36. The molecule has 0 aliphatic carbocycles. The van der Waals surface area contributed by atoms with Gasteiger partial charge in [-0.3, -0.25) is 0 Å². The monoisotopic (exact) mass is 719 g/mol. The van der Waals surface area contributed by atoms with E-state index in [2.05, 4.69) is 193 Å². The Hall–Kier alpha value is -6.94. The smallest absolute Gasteiger partial charge is 0.136 e. The largest absolute Gasteiger partial charge is 0.456 e. The third-order valence-electron chi connectivity index (χ3n) is 10.9. The van der Waals surface area contributed by atoms with Crippen molar-refractivity contribution < 1.29 is 4.42 Å². The molecule has 0 spiro atoms. The number of hydrogen-bond acceptors (Lipinski definition) is 3. The predicted molar refractivity (Wildman–Crippen MR) is 235 cm³/mol. The van der Waals surface area contributed by atoms with Crippen molar-refractivity contribution in [3.8, 4) is 33.4 Å². The summed E-state index contributed by atoms with van der Waals surface area (Å²) in [5, 5.41) is 7.52. The maximum absolute atomic E-state index is 6.27. The first-order valence-electron chi connectivity index (χ1n) is 18.7. The maximum atomic E-state index is 6.27. The SMILES string of the molecule is c1ccc(-c2ccc(N(c3ccc(-c4ccc5c(ccc6sc7ccccc7c65)c4)cc3)c3cccc(-c4cccc5oc6ccccc6c45)c3)cc2)cc1. The van der Waals surface area contributed by atoms with Gasteiger partial charge in [0, 0.05) is 48.0 Å². The molecular weight excluding hydrogens is 687 g/mol. The number of furan rings is 1. The van der Waals surface area contributed by atoms with E-state index in [1.807, 2.05) is 23.5 Å². The molecule has 0 fully saturated rings. The summed E-state index contributed by atoms with van der Waals surface area (Å²) in [7, 11) is 0. The normalized spacial score (nSPS) is 11.6. The molecule has 0 radical (unpaired) electrons. The minimum absolute atomic E-state index is 0.898. The number of benzene rings is 9. The number of nitrogens with zero attached hydrogens (tertiary/aromatic N) is 1. The fraction of sp³-hybridized carbons (Fsp3) is 0. The van der Waals surface area contributed by atoms with Crippen molar-refractivity contribution in [3.63, 3.8) is 0 Å². The van der Waals surface area contributed by atoms with Crippen LogP contribution in [0.3, 0.4) is 0 Å². The third-order valence-corrected chi connectivity index (χ3v) is 12.0. The molecule has 0 unspecified atom stereocenters. The molecular formula is C52H33NOS. The molecule has 0 amide bonds. The Labute approximate surface area is 322 Å². The lowest BCUT2D eigenvalue weighted by Gasteiger charge is -2.26. The highest BCUT2D eigenvalue weighted by Crippen LogP contribution is 2.43. The summed E-state index contributed by atoms with van der Waals surface area (Å²) < 4.78 is 8.94. The zero-order valence-corrected chi connectivity index (χ0v) is 30.6. The Kier molecular flexibility index (Phi) is 7.39. The van der Waals surface area contributed by atoms with E-state index in [1.54, 1.807) is 0 Å². The van der Waals surface area contributed by atoms with E-state index in [0.717, 1.165) is 50.1 Å². The van der Waals surface area contributed by atoms with Crippen LogP contribution in [0.5, 0.6) is 0 Å². The fourth-order valence-electron chi connectivity index (χ4n) is 8.24. The van der Waals surface area contributed by atoms with Gasteiger partial charge in [0.25, 0.3) is 0 Å². The highest BCUT2D eigenvalue weighted by molar-refractivity contribution is 7.26. The highest BCUT2D eigenvalue weighted by Gasteiger charge is 2.17. The topological polar surface area (TPSA) is 16.4 Å². The zero-order chi connectivity index (χ0) is 36.3. The van der Waals surface area contributed by atoms with Crippen LogP contribution in [0, 0.1) is 0 Å². The number of hydrogen-bond donors (Lipinski definition) is 0. The minimum atomic E-state index is 0.898. The van der Waals surface area contributed by atoms with Gasteiger partial charge in [-0.05, 0) is 111 Å². The Bertz CT molecular complexity index is 3190. The lowest BCUT2D eigenvalue weighted by atomic mass is 9.97. The highest BCUT2D eigenvalue weighted by atomic mass is 32.1. The van der Waals surface area contributed by atoms with Crippen molar-refractivity contribution in [2.75, 3.05) is 4.90 Å². The molecule has 2 nitrogen and oxygen atoms in total. The fourth-order valence-corrected chi connectivity index (χ4v) is 9.37. The van der Waals surface area contributed by atoms with Gasteiger partial charge in [0.15, 0.2) is 0 Å². The predicted octanol–water partition coefficient (Wildman–Crippen LogP) is 15.6. The molecule has 2 heterocycles. The second kappa shape index (κ2) is 12.9. The molecule has 0 aliphatic heterocycles. The van der Waals surface area contributed by atoms with Gasteiger partial charge < -0.3 is 9.32 Å². The molecule has 3 heteroatoms. The molecule has 2 aromatic heterocycles. The Morgan fingerprint density at radius 1 is 0.345 bits per heavy atom. The van der Waals surface area contributed by atoms with Gasteiger partial charge in [-0.2, -0.15) is 0 Å². The Morgan fingerprint density at radius 2 is 0.982 bits per heavy atom. The molecule has 9 aromatic carbocycles. The summed E-state index contributed by atoms with van der Waals surface area (Å²) >= 11 is 1.87. The zero-order valence-electron chi connectivity index (χ0n) is 29.8. The van der Waals surface area contributed by atoms with Crippen LogP contribution in [0.25, 0.3) is 86.3 Å². The summed E-state index contributed by atoms with van der Waals surface area (Å²) in [6, 6.07) is 72.2. The van der Waals surface area contributed by atoms with Crippen molar-refractivity contribution >= 4 is 81.3 Å². The van der Waals surface area contributed by atoms with Gasteiger partial charge in [0.2, 0.25) is 0 Å². The number of rotatable bonds is 6. The molecule has 11 aromatic rings. The average molecular weight is 720 g/mol. The van der Waals surface area contributed by atoms with E-state index < -0.39 is 0 Å². The van der Waals surface area contributed by atoms with E-state index in [-0.39, 0.29) is 0 Å². The molecule has 258 valence electrons. The van der Waals surface area contributed by atoms with Gasteiger partial charge in [-0.25, -0.2) is 0 Å². The number of anilines is 3. The summed E-state index contributed by atoms with van der Waals surface area (Å²) in [6.07, 6.45) is 0. The van der Waals surface area contributed by atoms with Crippen molar-refractivity contribution in [3.05, 3.63) is 200 Å². The van der Waals surface area contributed by atoms with E-state index in [4.69, 9.17) is 4.42 Å². The lowest BCUT2D eigenvalue weighted by Crippen LogP contribution is -2.10. The maximum Gasteiger partial charge on any atom is 0.136 e. The summed E-state index contributed by atoms with van der Waals surface area (Å²) in [5.74, 6) is 0. The standard InChI is InChI=1S/C52H33NOS/c1-2-10-34(11-3-1)35-20-26-40(27-21-35)53(42-13-8-12-38(33-42)43-16-9-18-48-51(43)45-14-4-6-17-47(45)54-48)41-28-22-36(23-29-41)37-24-30-44-39(32-37)25-31-50-52(44)46-15-5-7-19-49(46)55-50/h1-33H. The Morgan fingerprint density at radius 3 is 1.80 bits per heavy atom. The number of para-hydroxylation sites is 1. The molecule has 0 saturated carbocycles. The first kappa shape index (κ1) is 31.6. The van der Waals surface area contributed by atoms with Crippen LogP contribution >= 0.6 is 11.3 Å². The molecule has 0 aliphatic rings. The van der Waals surface area contributed by atoms with Crippen LogP contribution in [0.15, 0.2) is 205 Å². The van der Waals surface area contributed by atoms with Crippen molar-refractivity contribution in [1.29, 1.82) is 0 Å². The van der Waals surface area contributed by atoms with Crippen LogP contribution in [-0.4, -0.2) is 0 Å². The molecule has 0 atom stereocenters. The van der Waals surface area contributed by atoms with Crippen molar-refractivity contribution in [2.45, 2.75) is 0 Å². The quantitative estimate of drug-likeness (QED) is 0.170. The van der Waals surface area contributed by atoms with Crippen LogP contribution < -0.4 is 4.90 Å². The van der Waals surface area contributed by atoms with Crippen LogP contribution in [0.2, 0.25) is 0 Å². The average Bonchev–Trinajstić information content (AvgIpc) is 3.84. The van der Waals surface area contributed by atoms with E-state index in [1.165, 1.54) is 53.2 Å². The lowest BCUT2D eigenvalue weighted by molar-refractivity contribution is 0.669. The first-order valence-corrected chi connectivity index (χ1v) is 19.5. The number of fused-ring (bicyclic) bond motifs is 8. The molecule has 55 heavy (non-hydrogen) atoms. The number of thiophene rings is 1. The molecule has 0 bridgehead atoms. The van der Waals surface area contributed by atoms with Crippen molar-refractivity contribution in [1.82, 2.24) is 0 Å². The third kappa shape index (κ3) is 5.40. The molecule has 11 rings (SSSR count).